The van der Waals surface area contributed by atoms with Crippen LogP contribution in [-0.2, 0) is 19.1 Å². The van der Waals surface area contributed by atoms with Gasteiger partial charge in [0, 0.05) is 18.4 Å². The molecule has 35 heavy (non-hydrogen) atoms. The van der Waals surface area contributed by atoms with Crippen molar-refractivity contribution < 1.29 is 19.1 Å². The van der Waals surface area contributed by atoms with Gasteiger partial charge >= 0.3 is 5.97 Å². The Kier molecular flexibility index (Phi) is 17.6. The molecular weight excluding hydrogens is 438 g/mol. The van der Waals surface area contributed by atoms with Gasteiger partial charge < -0.3 is 14.8 Å². The van der Waals surface area contributed by atoms with Gasteiger partial charge in [0.25, 0.3) is 0 Å². The fourth-order valence-electron chi connectivity index (χ4n) is 3.95. The molecule has 0 aromatic carbocycles. The number of hydrogen-bond acceptors (Lipinski definition) is 4. The van der Waals surface area contributed by atoms with Gasteiger partial charge in [-0.3, -0.25) is 9.59 Å². The van der Waals surface area contributed by atoms with Crippen molar-refractivity contribution in [3.05, 3.63) is 0 Å². The van der Waals surface area contributed by atoms with Crippen molar-refractivity contribution in [3.8, 4) is 0 Å². The van der Waals surface area contributed by atoms with E-state index in [1.54, 1.807) is 0 Å². The highest BCUT2D eigenvalue weighted by atomic mass is 16.6. The number of nitrogens with one attached hydrogen (secondary N) is 1. The minimum Gasteiger partial charge on any atom is -0.460 e. The van der Waals surface area contributed by atoms with E-state index in [0.29, 0.717) is 19.6 Å². The van der Waals surface area contributed by atoms with E-state index in [4.69, 9.17) is 9.47 Å². The lowest BCUT2D eigenvalue weighted by atomic mass is 9.93. The van der Waals surface area contributed by atoms with E-state index >= 15 is 0 Å². The highest BCUT2D eigenvalue weighted by Crippen LogP contribution is 2.23. The molecule has 0 unspecified atom stereocenters. The molecule has 0 heterocycles. The molecule has 1 amide bonds. The first kappa shape index (κ1) is 33.9. The maximum absolute atomic E-state index is 12.3. The quantitative estimate of drug-likeness (QED) is 0.128. The topological polar surface area (TPSA) is 64.6 Å². The van der Waals surface area contributed by atoms with Crippen LogP contribution in [0.1, 0.15) is 152 Å². The first-order valence-electron chi connectivity index (χ1n) is 14.4. The van der Waals surface area contributed by atoms with Crippen LogP contribution in [0.4, 0.5) is 0 Å². The second-order valence-corrected chi connectivity index (χ2v) is 12.7. The summed E-state index contributed by atoms with van der Waals surface area (Å²) in [5.74, 6) is -0.138. The molecule has 0 atom stereocenters. The predicted octanol–water partition coefficient (Wildman–Crippen LogP) is 8.14. The third-order valence-electron chi connectivity index (χ3n) is 6.12. The van der Waals surface area contributed by atoms with Gasteiger partial charge in [0.05, 0.1) is 18.6 Å². The summed E-state index contributed by atoms with van der Waals surface area (Å²) in [6, 6.07) is 0. The van der Waals surface area contributed by atoms with E-state index in [-0.39, 0.29) is 23.7 Å². The number of rotatable bonds is 21. The van der Waals surface area contributed by atoms with Crippen molar-refractivity contribution >= 4 is 11.9 Å². The summed E-state index contributed by atoms with van der Waals surface area (Å²) in [6.45, 7) is 16.8. The van der Waals surface area contributed by atoms with Crippen molar-refractivity contribution in [1.29, 1.82) is 0 Å². The van der Waals surface area contributed by atoms with Crippen LogP contribution < -0.4 is 5.32 Å². The number of esters is 1. The highest BCUT2D eigenvalue weighted by molar-refractivity contribution is 5.75. The van der Waals surface area contributed by atoms with Crippen LogP contribution in [0.25, 0.3) is 0 Å². The van der Waals surface area contributed by atoms with Gasteiger partial charge in [-0.25, -0.2) is 0 Å². The van der Waals surface area contributed by atoms with Gasteiger partial charge in [-0.1, -0.05) is 97.8 Å². The summed E-state index contributed by atoms with van der Waals surface area (Å²) < 4.78 is 11.4. The average Bonchev–Trinajstić information content (AvgIpc) is 2.72. The molecular formula is C30H59NO4. The minimum atomic E-state index is -0.613. The minimum absolute atomic E-state index is 0.120. The van der Waals surface area contributed by atoms with Crippen LogP contribution in [0.3, 0.4) is 0 Å². The maximum atomic E-state index is 12.3. The van der Waals surface area contributed by atoms with Crippen LogP contribution in [0.15, 0.2) is 0 Å². The van der Waals surface area contributed by atoms with E-state index in [0.717, 1.165) is 12.8 Å². The smallest absolute Gasteiger partial charge is 0.309 e. The molecule has 0 aromatic heterocycles. The Morgan fingerprint density at radius 2 is 1.14 bits per heavy atom. The largest absolute Gasteiger partial charge is 0.460 e. The van der Waals surface area contributed by atoms with E-state index in [2.05, 4.69) is 26.1 Å². The zero-order valence-electron chi connectivity index (χ0n) is 24.7. The number of amides is 1. The van der Waals surface area contributed by atoms with Gasteiger partial charge in [0.15, 0.2) is 0 Å². The summed E-state index contributed by atoms with van der Waals surface area (Å²) in [5, 5.41) is 3.06. The summed E-state index contributed by atoms with van der Waals surface area (Å²) in [4.78, 5) is 24.4. The molecule has 0 aromatic rings. The number of hydrogen-bond donors (Lipinski definition) is 1. The van der Waals surface area contributed by atoms with Gasteiger partial charge in [-0.05, 0) is 41.0 Å². The Morgan fingerprint density at radius 3 is 1.60 bits per heavy atom. The third-order valence-corrected chi connectivity index (χ3v) is 6.12. The van der Waals surface area contributed by atoms with E-state index in [1.165, 1.54) is 70.6 Å². The highest BCUT2D eigenvalue weighted by Gasteiger charge is 2.29. The normalized spacial score (nSPS) is 12.6. The molecule has 5 heteroatoms. The molecule has 0 radical (unpaired) electrons. The Labute approximate surface area is 217 Å². The Hall–Kier alpha value is -1.10. The lowest BCUT2D eigenvalue weighted by Gasteiger charge is -2.32. The molecule has 0 rings (SSSR count). The molecule has 0 aliphatic heterocycles. The molecule has 0 aliphatic carbocycles. The van der Waals surface area contributed by atoms with Crippen LogP contribution in [0.2, 0.25) is 0 Å². The molecule has 0 saturated heterocycles. The van der Waals surface area contributed by atoms with E-state index in [1.807, 2.05) is 34.6 Å². The number of carbonyl (C=O) groups is 2. The average molecular weight is 498 g/mol. The molecule has 1 N–H and O–H groups in total. The summed E-state index contributed by atoms with van der Waals surface area (Å²) in [5.41, 5.74) is -1.32. The standard InChI is InChI=1S/C30H59NO4/c1-9-10-11-12-13-14-15-16-17-18-19-20-21-22-26(32)31-24-29(5,6)25-34-30(7,8)23-27(33)35-28(2,3)4/h9-25H2,1-8H3,(H,31,32). The van der Waals surface area contributed by atoms with Crippen LogP contribution in [0, 0.1) is 5.41 Å². The molecule has 0 bridgehead atoms. The Morgan fingerprint density at radius 1 is 0.686 bits per heavy atom. The predicted molar refractivity (Wildman–Crippen MR) is 148 cm³/mol. The molecule has 0 fully saturated rings. The molecule has 0 spiro atoms. The van der Waals surface area contributed by atoms with Gasteiger partial charge in [0.2, 0.25) is 5.91 Å². The van der Waals surface area contributed by atoms with Gasteiger partial charge in [-0.2, -0.15) is 0 Å². The second kappa shape index (κ2) is 18.2. The zero-order chi connectivity index (χ0) is 26.8. The van der Waals surface area contributed by atoms with Gasteiger partial charge in [0.1, 0.15) is 5.60 Å². The SMILES string of the molecule is CCCCCCCCCCCCCCCC(=O)NCC(C)(C)COC(C)(C)CC(=O)OC(C)(C)C. The van der Waals surface area contributed by atoms with Crippen molar-refractivity contribution in [3.63, 3.8) is 0 Å². The fourth-order valence-corrected chi connectivity index (χ4v) is 3.95. The second-order valence-electron chi connectivity index (χ2n) is 12.7. The lowest BCUT2D eigenvalue weighted by molar-refractivity contribution is -0.162. The van der Waals surface area contributed by atoms with Crippen molar-refractivity contribution in [2.75, 3.05) is 13.2 Å². The van der Waals surface area contributed by atoms with Gasteiger partial charge in [-0.15, -0.1) is 0 Å². The first-order chi connectivity index (χ1) is 16.3. The number of unbranched alkanes of at least 4 members (excludes halogenated alkanes) is 12. The maximum Gasteiger partial charge on any atom is 0.309 e. The molecule has 0 saturated carbocycles. The molecule has 0 aliphatic rings. The van der Waals surface area contributed by atoms with E-state index < -0.39 is 11.2 Å². The van der Waals surface area contributed by atoms with Crippen LogP contribution >= 0.6 is 0 Å². The number of carbonyl (C=O) groups excluding carboxylic acids is 2. The molecule has 5 nitrogen and oxygen atoms in total. The summed E-state index contributed by atoms with van der Waals surface area (Å²) >= 11 is 0. The number of ether oxygens (including phenoxy) is 2. The van der Waals surface area contributed by atoms with Crippen LogP contribution in [0.5, 0.6) is 0 Å². The Balaban J connectivity index is 3.83. The third kappa shape index (κ3) is 23.1. The van der Waals surface area contributed by atoms with Crippen molar-refractivity contribution in [1.82, 2.24) is 5.32 Å². The first-order valence-corrected chi connectivity index (χ1v) is 14.4. The molecule has 208 valence electrons. The monoisotopic (exact) mass is 497 g/mol. The Bertz CT molecular complexity index is 563. The van der Waals surface area contributed by atoms with E-state index in [9.17, 15) is 9.59 Å². The zero-order valence-corrected chi connectivity index (χ0v) is 24.7. The summed E-state index contributed by atoms with van der Waals surface area (Å²) in [7, 11) is 0. The summed E-state index contributed by atoms with van der Waals surface area (Å²) in [6.07, 6.45) is 17.8. The van der Waals surface area contributed by atoms with Crippen molar-refractivity contribution in [2.24, 2.45) is 5.41 Å². The lowest BCUT2D eigenvalue weighted by Crippen LogP contribution is -2.40. The van der Waals surface area contributed by atoms with Crippen LogP contribution in [-0.4, -0.2) is 36.2 Å². The van der Waals surface area contributed by atoms with Crippen molar-refractivity contribution in [2.45, 2.75) is 163 Å². The fraction of sp³-hybridized carbons (Fsp3) is 0.933.